The van der Waals surface area contributed by atoms with Gasteiger partial charge in [-0.3, -0.25) is 4.90 Å². The Balaban J connectivity index is 4.13. The molecule has 11 heavy (non-hydrogen) atoms. The zero-order valence-electron chi connectivity index (χ0n) is 8.55. The third kappa shape index (κ3) is 3.21. The molecule has 0 saturated heterocycles. The van der Waals surface area contributed by atoms with E-state index in [0.29, 0.717) is 0 Å². The molecule has 0 aromatic rings. The summed E-state index contributed by atoms with van der Waals surface area (Å²) < 4.78 is 0. The van der Waals surface area contributed by atoms with Gasteiger partial charge in [-0.15, -0.1) is 0 Å². The van der Waals surface area contributed by atoms with Crippen molar-refractivity contribution in [2.45, 2.75) is 33.9 Å². The van der Waals surface area contributed by atoms with Crippen molar-refractivity contribution in [2.24, 2.45) is 11.3 Å². The lowest BCUT2D eigenvalue weighted by Gasteiger charge is -2.34. The number of hydrogen-bond acceptors (Lipinski definition) is 2. The predicted molar refractivity (Wildman–Crippen MR) is 48.3 cm³/mol. The maximum absolute atomic E-state index is 9.66. The summed E-state index contributed by atoms with van der Waals surface area (Å²) in [6, 6.07) is 0. The molecule has 0 aliphatic heterocycles. The molecule has 0 spiro atoms. The molecular formula is C9H21NO. The van der Waals surface area contributed by atoms with Gasteiger partial charge in [0.1, 0.15) is 6.23 Å². The van der Waals surface area contributed by atoms with Crippen LogP contribution in [0.15, 0.2) is 0 Å². The van der Waals surface area contributed by atoms with Crippen LogP contribution in [0.5, 0.6) is 0 Å². The Bertz CT molecular complexity index is 115. The first kappa shape index (κ1) is 10.9. The summed E-state index contributed by atoms with van der Waals surface area (Å²) in [5.41, 5.74) is 0.170. The van der Waals surface area contributed by atoms with Crippen LogP contribution < -0.4 is 0 Å². The molecule has 0 aromatic carbocycles. The molecule has 68 valence electrons. The summed E-state index contributed by atoms with van der Waals surface area (Å²) in [6.07, 6.45) is -0.338. The molecule has 0 heterocycles. The van der Waals surface area contributed by atoms with E-state index in [1.54, 1.807) is 0 Å². The van der Waals surface area contributed by atoms with Gasteiger partial charge in [0.25, 0.3) is 0 Å². The van der Waals surface area contributed by atoms with Crippen molar-refractivity contribution in [1.29, 1.82) is 0 Å². The summed E-state index contributed by atoms with van der Waals surface area (Å²) in [5.74, 6) is 0.289. The third-order valence-electron chi connectivity index (χ3n) is 2.34. The van der Waals surface area contributed by atoms with Crippen LogP contribution >= 0.6 is 0 Å². The number of aliphatic hydroxyl groups excluding tert-OH is 1. The van der Waals surface area contributed by atoms with Gasteiger partial charge in [0, 0.05) is 5.92 Å². The molecule has 0 rings (SSSR count). The standard InChI is InChI=1S/C9H21NO/c1-7(9(2,3)4)8(11)10(5)6/h7-8,11H,1-6H3/t7-,8?/m1/s1. The minimum Gasteiger partial charge on any atom is -0.378 e. The van der Waals surface area contributed by atoms with Crippen molar-refractivity contribution in [3.63, 3.8) is 0 Å². The Morgan fingerprint density at radius 2 is 1.55 bits per heavy atom. The van der Waals surface area contributed by atoms with Crippen LogP contribution in [-0.4, -0.2) is 30.3 Å². The Morgan fingerprint density at radius 3 is 1.64 bits per heavy atom. The van der Waals surface area contributed by atoms with Crippen LogP contribution in [0.1, 0.15) is 27.7 Å². The monoisotopic (exact) mass is 159 g/mol. The van der Waals surface area contributed by atoms with Gasteiger partial charge < -0.3 is 5.11 Å². The average Bonchev–Trinajstić information content (AvgIpc) is 1.82. The highest BCUT2D eigenvalue weighted by molar-refractivity contribution is 4.74. The van der Waals surface area contributed by atoms with Gasteiger partial charge in [0.05, 0.1) is 0 Å². The second-order valence-corrected chi connectivity index (χ2v) is 4.53. The number of rotatable bonds is 2. The summed E-state index contributed by atoms with van der Waals surface area (Å²) >= 11 is 0. The fraction of sp³-hybridized carbons (Fsp3) is 1.00. The summed E-state index contributed by atoms with van der Waals surface area (Å²) in [4.78, 5) is 1.84. The molecule has 1 unspecified atom stereocenters. The van der Waals surface area contributed by atoms with Crippen molar-refractivity contribution in [2.75, 3.05) is 14.1 Å². The lowest BCUT2D eigenvalue weighted by molar-refractivity contribution is -0.0415. The minimum atomic E-state index is -0.338. The number of nitrogens with zero attached hydrogens (tertiary/aromatic N) is 1. The predicted octanol–water partition coefficient (Wildman–Crippen LogP) is 1.55. The van der Waals surface area contributed by atoms with Gasteiger partial charge in [0.2, 0.25) is 0 Å². The van der Waals surface area contributed by atoms with Crippen LogP contribution in [0.4, 0.5) is 0 Å². The summed E-state index contributed by atoms with van der Waals surface area (Å²) in [6.45, 7) is 8.50. The molecule has 0 saturated carbocycles. The maximum Gasteiger partial charge on any atom is 0.109 e. The highest BCUT2D eigenvalue weighted by Crippen LogP contribution is 2.28. The van der Waals surface area contributed by atoms with Crippen LogP contribution in [0.2, 0.25) is 0 Å². The average molecular weight is 159 g/mol. The van der Waals surface area contributed by atoms with Crippen LogP contribution in [0.25, 0.3) is 0 Å². The smallest absolute Gasteiger partial charge is 0.109 e. The topological polar surface area (TPSA) is 23.5 Å². The molecule has 1 N–H and O–H groups in total. The van der Waals surface area contributed by atoms with Gasteiger partial charge >= 0.3 is 0 Å². The van der Waals surface area contributed by atoms with E-state index < -0.39 is 0 Å². The third-order valence-corrected chi connectivity index (χ3v) is 2.34. The first-order valence-corrected chi connectivity index (χ1v) is 4.11. The zero-order chi connectivity index (χ0) is 9.23. The fourth-order valence-corrected chi connectivity index (χ4v) is 0.894. The largest absolute Gasteiger partial charge is 0.378 e. The van der Waals surface area contributed by atoms with Gasteiger partial charge in [-0.05, 0) is 19.5 Å². The normalized spacial score (nSPS) is 18.5. The SMILES string of the molecule is C[C@H](C(O)N(C)C)C(C)(C)C. The lowest BCUT2D eigenvalue weighted by atomic mass is 9.81. The Morgan fingerprint density at radius 1 is 1.18 bits per heavy atom. The van der Waals surface area contributed by atoms with E-state index in [9.17, 15) is 5.11 Å². The van der Waals surface area contributed by atoms with Gasteiger partial charge in [-0.1, -0.05) is 27.7 Å². The van der Waals surface area contributed by atoms with Gasteiger partial charge in [-0.25, -0.2) is 0 Å². The van der Waals surface area contributed by atoms with Crippen molar-refractivity contribution >= 4 is 0 Å². The van der Waals surface area contributed by atoms with E-state index in [1.165, 1.54) is 0 Å². The van der Waals surface area contributed by atoms with E-state index in [0.717, 1.165) is 0 Å². The van der Waals surface area contributed by atoms with E-state index in [2.05, 4.69) is 27.7 Å². The highest BCUT2D eigenvalue weighted by Gasteiger charge is 2.27. The van der Waals surface area contributed by atoms with Crippen molar-refractivity contribution < 1.29 is 5.11 Å². The van der Waals surface area contributed by atoms with Gasteiger partial charge in [-0.2, -0.15) is 0 Å². The molecule has 2 atom stereocenters. The Hall–Kier alpha value is -0.0800. The zero-order valence-corrected chi connectivity index (χ0v) is 8.55. The van der Waals surface area contributed by atoms with Crippen LogP contribution in [0, 0.1) is 11.3 Å². The Labute approximate surface area is 70.2 Å². The molecule has 0 aliphatic rings. The van der Waals surface area contributed by atoms with Crippen LogP contribution in [-0.2, 0) is 0 Å². The molecule has 2 heteroatoms. The van der Waals surface area contributed by atoms with Crippen molar-refractivity contribution in [3.05, 3.63) is 0 Å². The summed E-state index contributed by atoms with van der Waals surface area (Å²) in [5, 5.41) is 9.66. The fourth-order valence-electron chi connectivity index (χ4n) is 0.894. The number of hydrogen-bond donors (Lipinski definition) is 1. The first-order chi connectivity index (χ1) is 4.76. The second kappa shape index (κ2) is 3.55. The lowest BCUT2D eigenvalue weighted by Crippen LogP contribution is -2.39. The molecule has 0 aliphatic carbocycles. The van der Waals surface area contributed by atoms with E-state index in [1.807, 2.05) is 19.0 Å². The van der Waals surface area contributed by atoms with Crippen molar-refractivity contribution in [1.82, 2.24) is 4.90 Å². The summed E-state index contributed by atoms with van der Waals surface area (Å²) in [7, 11) is 3.79. The van der Waals surface area contributed by atoms with E-state index in [4.69, 9.17) is 0 Å². The molecule has 0 radical (unpaired) electrons. The second-order valence-electron chi connectivity index (χ2n) is 4.53. The molecule has 0 fully saturated rings. The minimum absolute atomic E-state index is 0.170. The van der Waals surface area contributed by atoms with E-state index >= 15 is 0 Å². The Kier molecular flexibility index (Phi) is 3.52. The maximum atomic E-state index is 9.66. The molecule has 2 nitrogen and oxygen atoms in total. The van der Waals surface area contributed by atoms with Crippen molar-refractivity contribution in [3.8, 4) is 0 Å². The molecular weight excluding hydrogens is 138 g/mol. The number of aliphatic hydroxyl groups is 1. The first-order valence-electron chi connectivity index (χ1n) is 4.11. The molecule has 0 aromatic heterocycles. The quantitative estimate of drug-likeness (QED) is 0.618. The van der Waals surface area contributed by atoms with Gasteiger partial charge in [0.15, 0.2) is 0 Å². The van der Waals surface area contributed by atoms with Crippen LogP contribution in [0.3, 0.4) is 0 Å². The molecule has 0 bridgehead atoms. The highest BCUT2D eigenvalue weighted by atomic mass is 16.3. The molecule has 0 amide bonds. The van der Waals surface area contributed by atoms with E-state index in [-0.39, 0.29) is 17.6 Å².